The van der Waals surface area contributed by atoms with E-state index < -0.39 is 18.7 Å². The second kappa shape index (κ2) is 10.4. The van der Waals surface area contributed by atoms with Gasteiger partial charge in [0.2, 0.25) is 0 Å². The van der Waals surface area contributed by atoms with Gasteiger partial charge in [-0.2, -0.15) is 0 Å². The van der Waals surface area contributed by atoms with Crippen LogP contribution in [0.4, 0.5) is 4.79 Å². The number of esters is 1. The second-order valence-corrected chi connectivity index (χ2v) is 5.70. The van der Waals surface area contributed by atoms with Crippen molar-refractivity contribution in [2.24, 2.45) is 0 Å². The average molecular weight is 317 g/mol. The number of rotatable bonds is 8. The molecular weight excluding hydrogens is 302 g/mol. The molecule has 0 N–H and O–H groups in total. The molecular formula is C12H15NO5S2. The molecule has 0 fully saturated rings. The van der Waals surface area contributed by atoms with Gasteiger partial charge in [0.25, 0.3) is 0 Å². The Labute approximate surface area is 125 Å². The molecule has 1 aromatic rings. The minimum Gasteiger partial charge on any atom is -0.462 e. The van der Waals surface area contributed by atoms with Crippen LogP contribution in [0.1, 0.15) is 6.92 Å². The van der Waals surface area contributed by atoms with E-state index in [0.29, 0.717) is 5.75 Å². The third-order valence-corrected chi connectivity index (χ3v) is 4.01. The van der Waals surface area contributed by atoms with Crippen LogP contribution in [-0.4, -0.2) is 42.7 Å². The Morgan fingerprint density at radius 1 is 1.25 bits per heavy atom. The van der Waals surface area contributed by atoms with E-state index in [1.807, 2.05) is 18.2 Å². The minimum atomic E-state index is -0.871. The van der Waals surface area contributed by atoms with Crippen molar-refractivity contribution in [1.29, 1.82) is 0 Å². The van der Waals surface area contributed by atoms with Gasteiger partial charge in [0.05, 0.1) is 6.61 Å². The zero-order valence-electron chi connectivity index (χ0n) is 10.9. The topological polar surface area (TPSA) is 74.7 Å². The predicted molar refractivity (Wildman–Crippen MR) is 76.5 cm³/mol. The monoisotopic (exact) mass is 317 g/mol. The number of hydrogen-bond acceptors (Lipinski definition) is 8. The maximum atomic E-state index is 11.2. The molecule has 1 rings (SSSR count). The third kappa shape index (κ3) is 7.90. The van der Waals surface area contributed by atoms with Crippen molar-refractivity contribution in [2.45, 2.75) is 11.9 Å². The molecule has 0 spiro atoms. The van der Waals surface area contributed by atoms with E-state index in [2.05, 4.69) is 14.5 Å². The Bertz CT molecular complexity index is 416. The van der Waals surface area contributed by atoms with Crippen molar-refractivity contribution >= 4 is 33.7 Å². The number of pyridine rings is 1. The summed E-state index contributed by atoms with van der Waals surface area (Å²) in [7, 11) is 3.03. The zero-order valence-corrected chi connectivity index (χ0v) is 12.6. The maximum Gasteiger partial charge on any atom is 0.508 e. The van der Waals surface area contributed by atoms with E-state index in [9.17, 15) is 9.59 Å². The van der Waals surface area contributed by atoms with Gasteiger partial charge >= 0.3 is 12.1 Å². The lowest BCUT2D eigenvalue weighted by Gasteiger charge is -2.05. The number of aromatic nitrogens is 1. The summed E-state index contributed by atoms with van der Waals surface area (Å²) in [6.07, 6.45) is 0.847. The van der Waals surface area contributed by atoms with Crippen LogP contribution in [0, 0.1) is 0 Å². The predicted octanol–water partition coefficient (Wildman–Crippen LogP) is 2.54. The van der Waals surface area contributed by atoms with Crippen molar-refractivity contribution in [2.75, 3.05) is 25.6 Å². The molecule has 0 aliphatic carbocycles. The van der Waals surface area contributed by atoms with Gasteiger partial charge in [0.15, 0.2) is 6.61 Å². The van der Waals surface area contributed by atoms with E-state index in [1.165, 1.54) is 21.6 Å². The van der Waals surface area contributed by atoms with Gasteiger partial charge in [-0.25, -0.2) is 14.6 Å². The molecule has 0 atom stereocenters. The van der Waals surface area contributed by atoms with Crippen LogP contribution in [0.2, 0.25) is 0 Å². The summed E-state index contributed by atoms with van der Waals surface area (Å²) in [6, 6.07) is 5.65. The lowest BCUT2D eigenvalue weighted by Crippen LogP contribution is -2.18. The Morgan fingerprint density at radius 2 is 2.10 bits per heavy atom. The summed E-state index contributed by atoms with van der Waals surface area (Å²) < 4.78 is 13.9. The average Bonchev–Trinajstić information content (AvgIpc) is 2.46. The van der Waals surface area contributed by atoms with Gasteiger partial charge in [-0.3, -0.25) is 0 Å². The molecule has 1 heterocycles. The first-order chi connectivity index (χ1) is 9.72. The SMILES string of the molecule is CCOC(=O)OCC(=O)OCCSSc1ccccn1. The molecule has 0 saturated carbocycles. The molecule has 0 aromatic carbocycles. The Kier molecular flexibility index (Phi) is 8.64. The van der Waals surface area contributed by atoms with E-state index in [1.54, 1.807) is 13.1 Å². The van der Waals surface area contributed by atoms with Crippen LogP contribution in [-0.2, 0) is 19.0 Å². The lowest BCUT2D eigenvalue weighted by molar-refractivity contribution is -0.147. The van der Waals surface area contributed by atoms with Crippen molar-refractivity contribution < 1.29 is 23.8 Å². The van der Waals surface area contributed by atoms with Crippen molar-refractivity contribution in [3.8, 4) is 0 Å². The van der Waals surface area contributed by atoms with Crippen LogP contribution < -0.4 is 0 Å². The highest BCUT2D eigenvalue weighted by Gasteiger charge is 2.08. The fraction of sp³-hybridized carbons (Fsp3) is 0.417. The highest BCUT2D eigenvalue weighted by Crippen LogP contribution is 2.28. The van der Waals surface area contributed by atoms with Crippen molar-refractivity contribution in [3.63, 3.8) is 0 Å². The number of carbonyl (C=O) groups excluding carboxylic acids is 2. The van der Waals surface area contributed by atoms with Crippen molar-refractivity contribution in [1.82, 2.24) is 4.98 Å². The van der Waals surface area contributed by atoms with E-state index in [-0.39, 0.29) is 13.2 Å². The first kappa shape index (κ1) is 16.6. The fourth-order valence-corrected chi connectivity index (χ4v) is 2.71. The number of carbonyl (C=O) groups is 2. The first-order valence-corrected chi connectivity index (χ1v) is 8.20. The number of hydrogen-bond donors (Lipinski definition) is 0. The minimum absolute atomic E-state index is 0.204. The summed E-state index contributed by atoms with van der Waals surface area (Å²) >= 11 is 0. The first-order valence-electron chi connectivity index (χ1n) is 5.88. The van der Waals surface area contributed by atoms with Gasteiger partial charge in [0, 0.05) is 11.9 Å². The maximum absolute atomic E-state index is 11.2. The molecule has 6 nitrogen and oxygen atoms in total. The molecule has 0 aliphatic heterocycles. The van der Waals surface area contributed by atoms with E-state index in [4.69, 9.17) is 4.74 Å². The summed E-state index contributed by atoms with van der Waals surface area (Å²) in [6.45, 7) is 1.66. The summed E-state index contributed by atoms with van der Waals surface area (Å²) in [5.74, 6) is 0.0216. The Hall–Kier alpha value is -1.41. The molecule has 0 aliphatic rings. The van der Waals surface area contributed by atoms with Crippen LogP contribution in [0.3, 0.4) is 0 Å². The van der Waals surface area contributed by atoms with Gasteiger partial charge in [0.1, 0.15) is 11.6 Å². The van der Waals surface area contributed by atoms with Crippen LogP contribution in [0.15, 0.2) is 29.4 Å². The molecule has 0 unspecified atom stereocenters. The quantitative estimate of drug-likeness (QED) is 0.411. The molecule has 0 bridgehead atoms. The molecule has 0 radical (unpaired) electrons. The van der Waals surface area contributed by atoms with Gasteiger partial charge < -0.3 is 14.2 Å². The molecule has 1 aromatic heterocycles. The Balaban J connectivity index is 2.00. The molecule has 0 amide bonds. The summed E-state index contributed by atoms with van der Waals surface area (Å²) in [5.41, 5.74) is 0. The molecule has 0 saturated heterocycles. The smallest absolute Gasteiger partial charge is 0.462 e. The summed E-state index contributed by atoms with van der Waals surface area (Å²) in [5, 5.41) is 0.898. The highest BCUT2D eigenvalue weighted by molar-refractivity contribution is 8.76. The molecule has 110 valence electrons. The summed E-state index contributed by atoms with van der Waals surface area (Å²) in [4.78, 5) is 26.2. The van der Waals surface area contributed by atoms with Crippen LogP contribution in [0.25, 0.3) is 0 Å². The zero-order chi connectivity index (χ0) is 14.6. The Morgan fingerprint density at radius 3 is 2.80 bits per heavy atom. The van der Waals surface area contributed by atoms with Crippen LogP contribution in [0.5, 0.6) is 0 Å². The second-order valence-electron chi connectivity index (χ2n) is 3.27. The van der Waals surface area contributed by atoms with Gasteiger partial charge in [-0.15, -0.1) is 0 Å². The van der Waals surface area contributed by atoms with Gasteiger partial charge in [-0.1, -0.05) is 16.9 Å². The van der Waals surface area contributed by atoms with Crippen molar-refractivity contribution in [3.05, 3.63) is 24.4 Å². The standard InChI is InChI=1S/C12H15NO5S2/c1-2-16-12(15)18-9-11(14)17-7-8-19-20-10-5-3-4-6-13-10/h3-6H,2,7-9H2,1H3. The molecule has 20 heavy (non-hydrogen) atoms. The normalized spacial score (nSPS) is 9.85. The number of nitrogens with zero attached hydrogens (tertiary/aromatic N) is 1. The van der Waals surface area contributed by atoms with E-state index >= 15 is 0 Å². The largest absolute Gasteiger partial charge is 0.508 e. The third-order valence-electron chi connectivity index (χ3n) is 1.78. The molecule has 8 heteroatoms. The van der Waals surface area contributed by atoms with Crippen LogP contribution >= 0.6 is 21.6 Å². The number of ether oxygens (including phenoxy) is 3. The highest BCUT2D eigenvalue weighted by atomic mass is 33.1. The lowest BCUT2D eigenvalue weighted by atomic mass is 10.5. The fourth-order valence-electron chi connectivity index (χ4n) is 1.01. The van der Waals surface area contributed by atoms with Gasteiger partial charge in [-0.05, 0) is 29.9 Å². The van der Waals surface area contributed by atoms with E-state index in [0.717, 1.165) is 5.03 Å².